The molecule has 0 aromatic carbocycles. The summed E-state index contributed by atoms with van der Waals surface area (Å²) in [6.07, 6.45) is 12.3. The summed E-state index contributed by atoms with van der Waals surface area (Å²) in [5, 5.41) is 13.0. The third-order valence-electron chi connectivity index (χ3n) is 4.01. The first-order chi connectivity index (χ1) is 12.6. The van der Waals surface area contributed by atoms with E-state index in [0.717, 1.165) is 25.7 Å². The molecule has 0 aliphatic heterocycles. The van der Waals surface area contributed by atoms with Crippen molar-refractivity contribution in [3.8, 4) is 0 Å². The van der Waals surface area contributed by atoms with Gasteiger partial charge in [0.15, 0.2) is 0 Å². The van der Waals surface area contributed by atoms with Crippen molar-refractivity contribution in [1.29, 1.82) is 0 Å². The Labute approximate surface area is 157 Å². The van der Waals surface area contributed by atoms with Crippen LogP contribution in [-0.2, 0) is 19.1 Å². The number of hydrogen-bond donors (Lipinski definition) is 1. The summed E-state index contributed by atoms with van der Waals surface area (Å²) >= 11 is 0. The number of carboxylic acids is 1. The van der Waals surface area contributed by atoms with Crippen molar-refractivity contribution in [2.45, 2.75) is 83.5 Å². The van der Waals surface area contributed by atoms with Gasteiger partial charge in [0.25, 0.3) is 0 Å². The molecule has 0 atom stereocenters. The molecule has 0 aliphatic carbocycles. The standard InChI is InChI=1S/C20H35NO5/c1-2-3-4-5-6-7-8-10-13-18(22)21-16-17-26-20(25)15-12-9-11-14-19(23)24/h2H,1,3-17H2,(H,21,22)(H,23,24)/p-1. The lowest BCUT2D eigenvalue weighted by atomic mass is 10.1. The molecular formula is C20H34NO5-. The number of aliphatic carboxylic acids is 1. The quantitative estimate of drug-likeness (QED) is 0.228. The van der Waals surface area contributed by atoms with E-state index >= 15 is 0 Å². The first-order valence-electron chi connectivity index (χ1n) is 9.79. The van der Waals surface area contributed by atoms with Gasteiger partial charge in [-0.25, -0.2) is 0 Å². The highest BCUT2D eigenvalue weighted by Gasteiger charge is 2.04. The van der Waals surface area contributed by atoms with Gasteiger partial charge in [0.2, 0.25) is 5.91 Å². The van der Waals surface area contributed by atoms with Gasteiger partial charge in [0.1, 0.15) is 6.61 Å². The van der Waals surface area contributed by atoms with Crippen LogP contribution in [0.1, 0.15) is 83.5 Å². The van der Waals surface area contributed by atoms with Gasteiger partial charge in [-0.15, -0.1) is 6.58 Å². The summed E-state index contributed by atoms with van der Waals surface area (Å²) in [5.41, 5.74) is 0. The molecule has 0 rings (SSSR count). The number of nitrogens with one attached hydrogen (secondary N) is 1. The third-order valence-corrected chi connectivity index (χ3v) is 4.01. The summed E-state index contributed by atoms with van der Waals surface area (Å²) in [4.78, 5) is 33.3. The Balaban J connectivity index is 3.35. The Morgan fingerprint density at radius 3 is 2.12 bits per heavy atom. The van der Waals surface area contributed by atoms with Gasteiger partial charge < -0.3 is 20.0 Å². The van der Waals surface area contributed by atoms with Crippen LogP contribution in [-0.4, -0.2) is 31.0 Å². The molecule has 0 heterocycles. The highest BCUT2D eigenvalue weighted by atomic mass is 16.5. The lowest BCUT2D eigenvalue weighted by molar-refractivity contribution is -0.305. The number of unbranched alkanes of at least 4 members (excludes halogenated alkanes) is 8. The van der Waals surface area contributed by atoms with Gasteiger partial charge in [-0.2, -0.15) is 0 Å². The van der Waals surface area contributed by atoms with Crippen molar-refractivity contribution in [2.75, 3.05) is 13.2 Å². The number of carbonyl (C=O) groups is 3. The Bertz CT molecular complexity index is 409. The second kappa shape index (κ2) is 18.0. The normalized spacial score (nSPS) is 10.3. The Kier molecular flexibility index (Phi) is 16.7. The first kappa shape index (κ1) is 24.1. The van der Waals surface area contributed by atoms with E-state index in [1.165, 1.54) is 19.3 Å². The Morgan fingerprint density at radius 2 is 1.42 bits per heavy atom. The molecule has 0 fully saturated rings. The fraction of sp³-hybridized carbons (Fsp3) is 0.750. The number of esters is 1. The molecule has 0 saturated heterocycles. The molecular weight excluding hydrogens is 334 g/mol. The Morgan fingerprint density at radius 1 is 0.846 bits per heavy atom. The van der Waals surface area contributed by atoms with E-state index < -0.39 is 5.97 Å². The number of hydrogen-bond acceptors (Lipinski definition) is 5. The molecule has 1 amide bonds. The Hall–Kier alpha value is -1.85. The van der Waals surface area contributed by atoms with Crippen molar-refractivity contribution >= 4 is 17.8 Å². The van der Waals surface area contributed by atoms with Gasteiger partial charge >= 0.3 is 5.97 Å². The van der Waals surface area contributed by atoms with Crippen LogP contribution in [0.2, 0.25) is 0 Å². The van der Waals surface area contributed by atoms with Crippen molar-refractivity contribution in [3.63, 3.8) is 0 Å². The summed E-state index contributed by atoms with van der Waals surface area (Å²) in [7, 11) is 0. The van der Waals surface area contributed by atoms with Crippen LogP contribution < -0.4 is 10.4 Å². The van der Waals surface area contributed by atoms with Crippen molar-refractivity contribution < 1.29 is 24.2 Å². The fourth-order valence-electron chi connectivity index (χ4n) is 2.51. The first-order valence-corrected chi connectivity index (χ1v) is 9.79. The van der Waals surface area contributed by atoms with Crippen LogP contribution in [0, 0.1) is 0 Å². The third kappa shape index (κ3) is 18.5. The van der Waals surface area contributed by atoms with Crippen LogP contribution in [0.4, 0.5) is 0 Å². The maximum absolute atomic E-state index is 11.6. The lowest BCUT2D eigenvalue weighted by Crippen LogP contribution is -2.27. The van der Waals surface area contributed by atoms with E-state index in [4.69, 9.17) is 4.74 Å². The van der Waals surface area contributed by atoms with E-state index in [-0.39, 0.29) is 31.3 Å². The SMILES string of the molecule is C=CCCCCCCCCC(=O)NCCOC(=O)CCCCCC(=O)[O-]. The van der Waals surface area contributed by atoms with Gasteiger partial charge in [0.05, 0.1) is 6.54 Å². The molecule has 0 aliphatic rings. The number of allylic oxidation sites excluding steroid dienone is 1. The molecule has 0 saturated carbocycles. The minimum Gasteiger partial charge on any atom is -0.550 e. The van der Waals surface area contributed by atoms with E-state index in [0.29, 0.717) is 32.2 Å². The molecule has 0 aromatic rings. The summed E-state index contributed by atoms with van der Waals surface area (Å²) in [6, 6.07) is 0. The molecule has 0 bridgehead atoms. The smallest absolute Gasteiger partial charge is 0.305 e. The van der Waals surface area contributed by atoms with Gasteiger partial charge in [-0.3, -0.25) is 9.59 Å². The zero-order valence-electron chi connectivity index (χ0n) is 15.9. The zero-order valence-corrected chi connectivity index (χ0v) is 15.9. The van der Waals surface area contributed by atoms with Gasteiger partial charge in [-0.1, -0.05) is 38.2 Å². The van der Waals surface area contributed by atoms with Gasteiger partial charge in [0, 0.05) is 18.8 Å². The van der Waals surface area contributed by atoms with E-state index in [9.17, 15) is 19.5 Å². The molecule has 26 heavy (non-hydrogen) atoms. The number of carboxylic acid groups (broad SMARTS) is 1. The van der Waals surface area contributed by atoms with Crippen LogP contribution in [0.15, 0.2) is 12.7 Å². The molecule has 150 valence electrons. The second-order valence-electron chi connectivity index (χ2n) is 6.45. The predicted octanol–water partition coefficient (Wildman–Crippen LogP) is 2.65. The van der Waals surface area contributed by atoms with Crippen molar-refractivity contribution in [3.05, 3.63) is 12.7 Å². The van der Waals surface area contributed by atoms with E-state index in [2.05, 4.69) is 11.9 Å². The molecule has 0 aromatic heterocycles. The highest BCUT2D eigenvalue weighted by molar-refractivity contribution is 5.75. The minimum absolute atomic E-state index is 0.00464. The predicted molar refractivity (Wildman–Crippen MR) is 99.2 cm³/mol. The molecule has 0 unspecified atom stereocenters. The van der Waals surface area contributed by atoms with E-state index in [1.807, 2.05) is 6.08 Å². The average molecular weight is 368 g/mol. The summed E-state index contributed by atoms with van der Waals surface area (Å²) < 4.78 is 5.02. The topological polar surface area (TPSA) is 95.5 Å². The molecule has 6 heteroatoms. The maximum atomic E-state index is 11.6. The number of carbonyl (C=O) groups excluding carboxylic acids is 3. The van der Waals surface area contributed by atoms with E-state index in [1.54, 1.807) is 0 Å². The van der Waals surface area contributed by atoms with Crippen LogP contribution in [0.25, 0.3) is 0 Å². The van der Waals surface area contributed by atoms with Gasteiger partial charge in [-0.05, 0) is 38.5 Å². The number of amides is 1. The lowest BCUT2D eigenvalue weighted by Gasteiger charge is -2.07. The molecule has 1 N–H and O–H groups in total. The fourth-order valence-corrected chi connectivity index (χ4v) is 2.51. The monoisotopic (exact) mass is 368 g/mol. The van der Waals surface area contributed by atoms with Crippen LogP contribution in [0.3, 0.4) is 0 Å². The minimum atomic E-state index is -1.06. The molecule has 0 spiro atoms. The zero-order chi connectivity index (χ0) is 19.5. The largest absolute Gasteiger partial charge is 0.550 e. The summed E-state index contributed by atoms with van der Waals surface area (Å²) in [6.45, 7) is 4.20. The second-order valence-corrected chi connectivity index (χ2v) is 6.45. The highest BCUT2D eigenvalue weighted by Crippen LogP contribution is 2.08. The number of rotatable bonds is 18. The molecule has 0 radical (unpaired) electrons. The maximum Gasteiger partial charge on any atom is 0.305 e. The molecule has 6 nitrogen and oxygen atoms in total. The number of ether oxygens (including phenoxy) is 1. The summed E-state index contributed by atoms with van der Waals surface area (Å²) in [5.74, 6) is -1.38. The average Bonchev–Trinajstić information content (AvgIpc) is 2.60. The van der Waals surface area contributed by atoms with Crippen LogP contribution in [0.5, 0.6) is 0 Å². The van der Waals surface area contributed by atoms with Crippen LogP contribution >= 0.6 is 0 Å². The van der Waals surface area contributed by atoms with Crippen molar-refractivity contribution in [1.82, 2.24) is 5.32 Å². The van der Waals surface area contributed by atoms with Crippen molar-refractivity contribution in [2.24, 2.45) is 0 Å².